The number of benzene rings is 1. The summed E-state index contributed by atoms with van der Waals surface area (Å²) in [6.45, 7) is 0.524. The van der Waals surface area contributed by atoms with Crippen LogP contribution in [0.15, 0.2) is 34.1 Å². The molecule has 1 N–H and O–H groups in total. The molecule has 0 aliphatic rings. The van der Waals surface area contributed by atoms with Crippen molar-refractivity contribution in [1.82, 2.24) is 0 Å². The van der Waals surface area contributed by atoms with Gasteiger partial charge in [-0.15, -0.1) is 11.3 Å². The monoisotopic (exact) mass is 374 g/mol. The van der Waals surface area contributed by atoms with Crippen molar-refractivity contribution in [2.75, 3.05) is 11.9 Å². The van der Waals surface area contributed by atoms with Gasteiger partial charge in [0, 0.05) is 17.1 Å². The number of nitrogens with one attached hydrogen (secondary N) is 1. The standard InChI is InChI=1S/C14H10BrF3N2S/c15-13-4-3-11(21-13)5-6-20-10-2-1-9(8-19)12(7-10)14(16,17)18/h1-4,7,20H,5-6H2. The summed E-state index contributed by atoms with van der Waals surface area (Å²) in [6.07, 6.45) is -3.81. The van der Waals surface area contributed by atoms with Crippen molar-refractivity contribution in [3.05, 3.63) is 50.1 Å². The molecule has 0 aliphatic carbocycles. The van der Waals surface area contributed by atoms with Gasteiger partial charge in [-0.05, 0) is 52.7 Å². The lowest BCUT2D eigenvalue weighted by atomic mass is 10.1. The third-order valence-electron chi connectivity index (χ3n) is 2.77. The molecule has 0 unspecified atom stereocenters. The van der Waals surface area contributed by atoms with Gasteiger partial charge in [0.15, 0.2) is 0 Å². The van der Waals surface area contributed by atoms with E-state index >= 15 is 0 Å². The first-order chi connectivity index (χ1) is 9.90. The Bertz CT molecular complexity index is 674. The number of hydrogen-bond acceptors (Lipinski definition) is 3. The zero-order valence-corrected chi connectivity index (χ0v) is 13.1. The van der Waals surface area contributed by atoms with Crippen LogP contribution in [0, 0.1) is 11.3 Å². The van der Waals surface area contributed by atoms with E-state index in [1.165, 1.54) is 12.1 Å². The average Bonchev–Trinajstić information content (AvgIpc) is 2.83. The van der Waals surface area contributed by atoms with Gasteiger partial charge in [-0.25, -0.2) is 0 Å². The van der Waals surface area contributed by atoms with Crippen LogP contribution in [0.25, 0.3) is 0 Å². The Morgan fingerprint density at radius 2 is 2.00 bits per heavy atom. The minimum Gasteiger partial charge on any atom is -0.385 e. The van der Waals surface area contributed by atoms with E-state index in [9.17, 15) is 13.2 Å². The predicted molar refractivity (Wildman–Crippen MR) is 80.4 cm³/mol. The molecule has 2 rings (SSSR count). The first-order valence-electron chi connectivity index (χ1n) is 5.99. The molecule has 1 aromatic heterocycles. The van der Waals surface area contributed by atoms with Crippen LogP contribution in [-0.4, -0.2) is 6.54 Å². The third-order valence-corrected chi connectivity index (χ3v) is 4.46. The summed E-state index contributed by atoms with van der Waals surface area (Å²) in [6, 6.07) is 9.11. The Balaban J connectivity index is 2.06. The number of thiophene rings is 1. The Morgan fingerprint density at radius 1 is 1.24 bits per heavy atom. The van der Waals surface area contributed by atoms with Crippen molar-refractivity contribution >= 4 is 33.0 Å². The number of nitrogens with zero attached hydrogens (tertiary/aromatic N) is 1. The summed E-state index contributed by atoms with van der Waals surface area (Å²) < 4.78 is 39.5. The van der Waals surface area contributed by atoms with E-state index in [2.05, 4.69) is 21.2 Å². The maximum Gasteiger partial charge on any atom is 0.417 e. The van der Waals surface area contributed by atoms with Crippen LogP contribution < -0.4 is 5.32 Å². The molecule has 0 saturated carbocycles. The Kier molecular flexibility index (Phi) is 4.91. The van der Waals surface area contributed by atoms with E-state index in [0.29, 0.717) is 12.2 Å². The van der Waals surface area contributed by atoms with Crippen LogP contribution in [0.3, 0.4) is 0 Å². The van der Waals surface area contributed by atoms with Crippen LogP contribution >= 0.6 is 27.3 Å². The second-order valence-electron chi connectivity index (χ2n) is 4.25. The number of anilines is 1. The summed E-state index contributed by atoms with van der Waals surface area (Å²) >= 11 is 4.95. The number of hydrogen-bond donors (Lipinski definition) is 1. The molecule has 0 atom stereocenters. The van der Waals surface area contributed by atoms with E-state index in [-0.39, 0.29) is 5.56 Å². The zero-order valence-electron chi connectivity index (χ0n) is 10.7. The molecule has 0 amide bonds. The molecule has 2 aromatic rings. The molecule has 0 saturated heterocycles. The number of alkyl halides is 3. The highest BCUT2D eigenvalue weighted by Crippen LogP contribution is 2.33. The molecule has 0 bridgehead atoms. The molecule has 1 aromatic carbocycles. The maximum absolute atomic E-state index is 12.8. The predicted octanol–water partition coefficient (Wildman–Crippen LogP) is 5.06. The Hall–Kier alpha value is -1.52. The van der Waals surface area contributed by atoms with Gasteiger partial charge in [0.2, 0.25) is 0 Å². The lowest BCUT2D eigenvalue weighted by Gasteiger charge is -2.12. The van der Waals surface area contributed by atoms with Crippen LogP contribution in [0.4, 0.5) is 18.9 Å². The Labute approximate surface area is 132 Å². The van der Waals surface area contributed by atoms with E-state index in [1.807, 2.05) is 12.1 Å². The Morgan fingerprint density at radius 3 is 2.57 bits per heavy atom. The number of rotatable bonds is 4. The van der Waals surface area contributed by atoms with Crippen LogP contribution in [0.5, 0.6) is 0 Å². The highest BCUT2D eigenvalue weighted by molar-refractivity contribution is 9.11. The number of nitriles is 1. The van der Waals surface area contributed by atoms with Crippen LogP contribution in [0.2, 0.25) is 0 Å². The zero-order chi connectivity index (χ0) is 15.5. The maximum atomic E-state index is 12.8. The first-order valence-corrected chi connectivity index (χ1v) is 7.60. The van der Waals surface area contributed by atoms with Crippen LogP contribution in [-0.2, 0) is 12.6 Å². The fraction of sp³-hybridized carbons (Fsp3) is 0.214. The molecule has 1 heterocycles. The molecule has 0 radical (unpaired) electrons. The summed E-state index contributed by atoms with van der Waals surface area (Å²) in [5.74, 6) is 0. The summed E-state index contributed by atoms with van der Waals surface area (Å²) in [5, 5.41) is 11.7. The van der Waals surface area contributed by atoms with Crippen molar-refractivity contribution in [2.24, 2.45) is 0 Å². The van der Waals surface area contributed by atoms with Crippen molar-refractivity contribution in [3.8, 4) is 6.07 Å². The molecule has 110 valence electrons. The fourth-order valence-electron chi connectivity index (χ4n) is 1.80. The van der Waals surface area contributed by atoms with Gasteiger partial charge in [-0.2, -0.15) is 18.4 Å². The molecule has 0 spiro atoms. The lowest BCUT2D eigenvalue weighted by molar-refractivity contribution is -0.137. The van der Waals surface area contributed by atoms with Crippen molar-refractivity contribution in [3.63, 3.8) is 0 Å². The van der Waals surface area contributed by atoms with E-state index in [1.54, 1.807) is 17.4 Å². The minimum atomic E-state index is -4.53. The van der Waals surface area contributed by atoms with E-state index in [4.69, 9.17) is 5.26 Å². The lowest BCUT2D eigenvalue weighted by Crippen LogP contribution is -2.10. The first kappa shape index (κ1) is 15.9. The van der Waals surface area contributed by atoms with Gasteiger partial charge in [0.05, 0.1) is 21.0 Å². The molecule has 0 aliphatic heterocycles. The van der Waals surface area contributed by atoms with E-state index in [0.717, 1.165) is 21.2 Å². The van der Waals surface area contributed by atoms with Gasteiger partial charge in [0.25, 0.3) is 0 Å². The fourth-order valence-corrected chi connectivity index (χ4v) is 3.29. The average molecular weight is 375 g/mol. The SMILES string of the molecule is N#Cc1ccc(NCCc2ccc(Br)s2)cc1C(F)(F)F. The van der Waals surface area contributed by atoms with Gasteiger partial charge in [-0.3, -0.25) is 0 Å². The molecule has 21 heavy (non-hydrogen) atoms. The molecular formula is C14H10BrF3N2S. The highest BCUT2D eigenvalue weighted by Gasteiger charge is 2.33. The molecule has 2 nitrogen and oxygen atoms in total. The minimum absolute atomic E-state index is 0.358. The van der Waals surface area contributed by atoms with Crippen molar-refractivity contribution in [1.29, 1.82) is 5.26 Å². The second-order valence-corrected chi connectivity index (χ2v) is 6.80. The smallest absolute Gasteiger partial charge is 0.385 e. The van der Waals surface area contributed by atoms with Crippen LogP contribution in [0.1, 0.15) is 16.0 Å². The topological polar surface area (TPSA) is 35.8 Å². The van der Waals surface area contributed by atoms with Crippen molar-refractivity contribution in [2.45, 2.75) is 12.6 Å². The quantitative estimate of drug-likeness (QED) is 0.811. The van der Waals surface area contributed by atoms with Gasteiger partial charge in [0.1, 0.15) is 0 Å². The molecule has 7 heteroatoms. The van der Waals surface area contributed by atoms with Gasteiger partial charge in [-0.1, -0.05) is 0 Å². The van der Waals surface area contributed by atoms with E-state index < -0.39 is 11.7 Å². The largest absolute Gasteiger partial charge is 0.417 e. The third kappa shape index (κ3) is 4.22. The molecular weight excluding hydrogens is 365 g/mol. The van der Waals surface area contributed by atoms with Gasteiger partial charge >= 0.3 is 6.18 Å². The number of halogens is 4. The van der Waals surface area contributed by atoms with Gasteiger partial charge < -0.3 is 5.32 Å². The highest BCUT2D eigenvalue weighted by atomic mass is 79.9. The molecule has 0 fully saturated rings. The summed E-state index contributed by atoms with van der Waals surface area (Å²) in [4.78, 5) is 1.14. The summed E-state index contributed by atoms with van der Waals surface area (Å²) in [5.41, 5.74) is -0.916. The summed E-state index contributed by atoms with van der Waals surface area (Å²) in [7, 11) is 0. The normalized spacial score (nSPS) is 11.2. The second kappa shape index (κ2) is 6.50. The van der Waals surface area contributed by atoms with Crippen molar-refractivity contribution < 1.29 is 13.2 Å².